The fraction of sp³-hybridized carbons (Fsp3) is 0.333. The molecule has 3 nitrogen and oxygen atoms in total. The third-order valence-electron chi connectivity index (χ3n) is 6.79. The van der Waals surface area contributed by atoms with Crippen molar-refractivity contribution < 1.29 is 12.8 Å². The summed E-state index contributed by atoms with van der Waals surface area (Å²) in [7, 11) is -5.88. The summed E-state index contributed by atoms with van der Waals surface area (Å²) in [5, 5.41) is 2.48. The van der Waals surface area contributed by atoms with Crippen molar-refractivity contribution in [1.82, 2.24) is 0 Å². The quantitative estimate of drug-likeness (QED) is 0.250. The second-order valence-electron chi connectivity index (χ2n) is 10.2. The number of hydrogen-bond donors (Lipinski definition) is 0. The third-order valence-corrected chi connectivity index (χ3v) is 13.4. The van der Waals surface area contributed by atoms with Crippen LogP contribution >= 0.6 is 0 Å². The molecule has 0 N–H and O–H groups in total. The van der Waals surface area contributed by atoms with E-state index in [4.69, 9.17) is 4.43 Å². The van der Waals surface area contributed by atoms with Crippen LogP contribution in [0.5, 0.6) is 0 Å². The molecule has 186 valence electrons. The van der Waals surface area contributed by atoms with E-state index in [-0.39, 0.29) is 16.7 Å². The van der Waals surface area contributed by atoms with Gasteiger partial charge in [-0.1, -0.05) is 118 Å². The lowest BCUT2D eigenvalue weighted by Crippen LogP contribution is -2.66. The summed E-state index contributed by atoms with van der Waals surface area (Å²) < 4.78 is 32.3. The number of benzene rings is 3. The van der Waals surface area contributed by atoms with E-state index in [1.165, 1.54) is 10.4 Å². The summed E-state index contributed by atoms with van der Waals surface area (Å²) >= 11 is 0. The highest BCUT2D eigenvalue weighted by Crippen LogP contribution is 2.37. The summed E-state index contributed by atoms with van der Waals surface area (Å²) in [6, 6.07) is 29.9. The van der Waals surface area contributed by atoms with E-state index < -0.39 is 18.2 Å². The van der Waals surface area contributed by atoms with Crippen LogP contribution in [0.1, 0.15) is 41.0 Å². The lowest BCUT2D eigenvalue weighted by atomic mass is 10.00. The van der Waals surface area contributed by atoms with Crippen molar-refractivity contribution in [3.8, 4) is 0 Å². The van der Waals surface area contributed by atoms with Gasteiger partial charge >= 0.3 is 0 Å². The molecule has 0 fully saturated rings. The Bertz CT molecular complexity index is 1160. The normalized spacial score (nSPS) is 14.0. The highest BCUT2D eigenvalue weighted by molar-refractivity contribution is 7.91. The summed E-state index contributed by atoms with van der Waals surface area (Å²) in [6.45, 7) is 11.6. The molecule has 0 amide bonds. The molecule has 0 aromatic heterocycles. The minimum atomic E-state index is -3.32. The van der Waals surface area contributed by atoms with E-state index in [1.54, 1.807) is 24.3 Å². The zero-order valence-electron chi connectivity index (χ0n) is 21.6. The van der Waals surface area contributed by atoms with Gasteiger partial charge in [0.05, 0.1) is 10.6 Å². The van der Waals surface area contributed by atoms with Gasteiger partial charge in [-0.3, -0.25) is 0 Å². The standard InChI is InChI=1S/C30H38O3SSi/c1-25(26(2)22-24-34(31,32)27-15-9-6-10-16-27)21-23-33-35(30(3,4)5,28-17-11-7-12-18-28)29-19-13-8-14-20-29/h6-20,22,25H,21,23-24H2,1-5H3/b26-22+/t25-/m1/s1. The maximum Gasteiger partial charge on any atom is 0.261 e. The highest BCUT2D eigenvalue weighted by Gasteiger charge is 2.50. The molecule has 0 aliphatic rings. The van der Waals surface area contributed by atoms with Crippen molar-refractivity contribution in [1.29, 1.82) is 0 Å². The molecule has 5 heteroatoms. The van der Waals surface area contributed by atoms with Gasteiger partial charge in [0.15, 0.2) is 9.84 Å². The molecule has 0 bridgehead atoms. The molecule has 0 spiro atoms. The summed E-state index contributed by atoms with van der Waals surface area (Å²) in [6.07, 6.45) is 2.69. The van der Waals surface area contributed by atoms with Crippen LogP contribution in [0.3, 0.4) is 0 Å². The van der Waals surface area contributed by atoms with Gasteiger partial charge in [0.1, 0.15) is 0 Å². The molecule has 0 radical (unpaired) electrons. The molecule has 0 saturated carbocycles. The van der Waals surface area contributed by atoms with Crippen molar-refractivity contribution in [2.45, 2.75) is 51.0 Å². The van der Waals surface area contributed by atoms with E-state index in [2.05, 4.69) is 88.4 Å². The lowest BCUT2D eigenvalue weighted by molar-refractivity contribution is 0.276. The van der Waals surface area contributed by atoms with Crippen LogP contribution < -0.4 is 10.4 Å². The minimum Gasteiger partial charge on any atom is -0.407 e. The van der Waals surface area contributed by atoms with Crippen molar-refractivity contribution >= 4 is 28.5 Å². The Morgan fingerprint density at radius 3 is 1.77 bits per heavy atom. The first kappa shape index (κ1) is 27.1. The molecular formula is C30H38O3SSi. The molecule has 0 aliphatic carbocycles. The molecule has 0 aliphatic heterocycles. The molecule has 0 heterocycles. The first-order valence-electron chi connectivity index (χ1n) is 12.3. The van der Waals surface area contributed by atoms with Crippen molar-refractivity contribution in [2.24, 2.45) is 5.92 Å². The fourth-order valence-corrected chi connectivity index (χ4v) is 10.4. The van der Waals surface area contributed by atoms with Gasteiger partial charge in [0.2, 0.25) is 0 Å². The number of sulfone groups is 1. The van der Waals surface area contributed by atoms with Gasteiger partial charge in [-0.05, 0) is 46.8 Å². The van der Waals surface area contributed by atoms with Crippen LogP contribution in [0, 0.1) is 5.92 Å². The van der Waals surface area contributed by atoms with E-state index in [0.717, 1.165) is 12.0 Å². The van der Waals surface area contributed by atoms with Gasteiger partial charge in [0.25, 0.3) is 8.32 Å². The van der Waals surface area contributed by atoms with E-state index in [0.29, 0.717) is 11.5 Å². The summed E-state index contributed by atoms with van der Waals surface area (Å²) in [4.78, 5) is 0.367. The van der Waals surface area contributed by atoms with Gasteiger partial charge in [0, 0.05) is 6.61 Å². The minimum absolute atomic E-state index is 0.0166. The smallest absolute Gasteiger partial charge is 0.261 e. The molecule has 3 aromatic rings. The van der Waals surface area contributed by atoms with Crippen molar-refractivity contribution in [3.63, 3.8) is 0 Å². The van der Waals surface area contributed by atoms with Crippen LogP contribution in [0.15, 0.2) is 108 Å². The molecule has 0 unspecified atom stereocenters. The van der Waals surface area contributed by atoms with Crippen LogP contribution in [-0.2, 0) is 14.3 Å². The van der Waals surface area contributed by atoms with Gasteiger partial charge in [-0.25, -0.2) is 8.42 Å². The Kier molecular flexibility index (Phi) is 8.92. The van der Waals surface area contributed by atoms with E-state index in [1.807, 2.05) is 19.1 Å². The molecule has 0 saturated heterocycles. The lowest BCUT2D eigenvalue weighted by Gasteiger charge is -2.43. The van der Waals surface area contributed by atoms with Crippen molar-refractivity contribution in [3.05, 3.63) is 103 Å². The number of allylic oxidation sites excluding steroid dienone is 1. The summed E-state index contributed by atoms with van der Waals surface area (Å²) in [5.41, 5.74) is 1.08. The summed E-state index contributed by atoms with van der Waals surface area (Å²) in [5.74, 6) is 0.238. The Labute approximate surface area is 212 Å². The molecule has 35 heavy (non-hydrogen) atoms. The van der Waals surface area contributed by atoms with Gasteiger partial charge < -0.3 is 4.43 Å². The average Bonchev–Trinajstić information content (AvgIpc) is 2.86. The maximum atomic E-state index is 12.7. The fourth-order valence-electron chi connectivity index (χ4n) is 4.54. The van der Waals surface area contributed by atoms with Crippen LogP contribution in [0.4, 0.5) is 0 Å². The zero-order valence-corrected chi connectivity index (χ0v) is 23.4. The van der Waals surface area contributed by atoms with E-state index in [9.17, 15) is 8.42 Å². The Morgan fingerprint density at radius 2 is 1.31 bits per heavy atom. The molecular weight excluding hydrogens is 468 g/mol. The second-order valence-corrected chi connectivity index (χ2v) is 16.6. The predicted molar refractivity (Wildman–Crippen MR) is 150 cm³/mol. The molecule has 3 aromatic carbocycles. The molecule has 1 atom stereocenters. The van der Waals surface area contributed by atoms with Gasteiger partial charge in [-0.2, -0.15) is 0 Å². The van der Waals surface area contributed by atoms with Gasteiger partial charge in [-0.15, -0.1) is 0 Å². The maximum absolute atomic E-state index is 12.7. The van der Waals surface area contributed by atoms with Crippen LogP contribution in [-0.4, -0.2) is 29.1 Å². The monoisotopic (exact) mass is 506 g/mol. The third kappa shape index (κ3) is 6.40. The number of rotatable bonds is 10. The van der Waals surface area contributed by atoms with Crippen LogP contribution in [0.2, 0.25) is 5.04 Å². The molecule has 3 rings (SSSR count). The Hall–Kier alpha value is -2.47. The SMILES string of the molecule is C/C(=C\CS(=O)(=O)c1ccccc1)[C@H](C)CCO[Si](c1ccccc1)(c1ccccc1)C(C)(C)C. The first-order valence-corrected chi connectivity index (χ1v) is 15.8. The van der Waals surface area contributed by atoms with Crippen molar-refractivity contribution in [2.75, 3.05) is 12.4 Å². The Morgan fingerprint density at radius 1 is 0.857 bits per heavy atom. The van der Waals surface area contributed by atoms with Crippen LogP contribution in [0.25, 0.3) is 0 Å². The zero-order chi connectivity index (χ0) is 25.5. The number of hydrogen-bond acceptors (Lipinski definition) is 3. The average molecular weight is 507 g/mol. The predicted octanol–water partition coefficient (Wildman–Crippen LogP) is 6.01. The Balaban J connectivity index is 1.78. The second kappa shape index (κ2) is 11.5. The topological polar surface area (TPSA) is 43.4 Å². The van der Waals surface area contributed by atoms with E-state index >= 15 is 0 Å². The largest absolute Gasteiger partial charge is 0.407 e. The first-order chi connectivity index (χ1) is 16.6. The highest BCUT2D eigenvalue weighted by atomic mass is 32.2.